The van der Waals surface area contributed by atoms with Crippen LogP contribution in [0.5, 0.6) is 11.5 Å². The minimum Gasteiger partial charge on any atom is -0.497 e. The molecular weight excluding hydrogens is 368 g/mol. The van der Waals surface area contributed by atoms with E-state index in [2.05, 4.69) is 43.9 Å². The summed E-state index contributed by atoms with van der Waals surface area (Å²) in [6.07, 6.45) is 0. The molecule has 1 heterocycles. The molecule has 4 nitrogen and oxygen atoms in total. The molecule has 0 atom stereocenters. The van der Waals surface area contributed by atoms with Gasteiger partial charge in [-0.3, -0.25) is 4.90 Å². The molecule has 0 unspecified atom stereocenters. The fraction of sp³-hybridized carbons (Fsp3) is 0.368. The summed E-state index contributed by atoms with van der Waals surface area (Å²) in [5.41, 5.74) is 2.45. The lowest BCUT2D eigenvalue weighted by Crippen LogP contribution is -2.46. The molecule has 0 aromatic heterocycles. The van der Waals surface area contributed by atoms with Crippen molar-refractivity contribution in [3.05, 3.63) is 52.5 Å². The number of anilines is 1. The predicted octanol–water partition coefficient (Wildman–Crippen LogP) is 3.79. The minimum absolute atomic E-state index is 0.911. The number of piperazine rings is 1. The lowest BCUT2D eigenvalue weighted by molar-refractivity contribution is 0.246. The first kappa shape index (κ1) is 17.1. The average Bonchev–Trinajstić information content (AvgIpc) is 2.62. The van der Waals surface area contributed by atoms with E-state index < -0.39 is 0 Å². The summed E-state index contributed by atoms with van der Waals surface area (Å²) in [4.78, 5) is 4.89. The van der Waals surface area contributed by atoms with E-state index in [0.717, 1.165) is 48.7 Å². The zero-order chi connectivity index (χ0) is 16.9. The van der Waals surface area contributed by atoms with Crippen LogP contribution in [0.15, 0.2) is 46.9 Å². The molecule has 24 heavy (non-hydrogen) atoms. The van der Waals surface area contributed by atoms with Crippen molar-refractivity contribution in [2.75, 3.05) is 45.3 Å². The van der Waals surface area contributed by atoms with Crippen molar-refractivity contribution in [2.45, 2.75) is 6.54 Å². The number of hydrogen-bond donors (Lipinski definition) is 0. The van der Waals surface area contributed by atoms with Gasteiger partial charge in [0, 0.05) is 54.5 Å². The van der Waals surface area contributed by atoms with Gasteiger partial charge in [0.25, 0.3) is 0 Å². The smallest absolute Gasteiger partial charge is 0.123 e. The minimum atomic E-state index is 0.911. The second-order valence-electron chi connectivity index (χ2n) is 5.92. The van der Waals surface area contributed by atoms with E-state index >= 15 is 0 Å². The van der Waals surface area contributed by atoms with Crippen LogP contribution in [0.3, 0.4) is 0 Å². The van der Waals surface area contributed by atoms with Gasteiger partial charge >= 0.3 is 0 Å². The molecule has 5 heteroatoms. The van der Waals surface area contributed by atoms with E-state index in [1.807, 2.05) is 24.3 Å². The second-order valence-corrected chi connectivity index (χ2v) is 6.84. The van der Waals surface area contributed by atoms with Crippen LogP contribution in [0.25, 0.3) is 0 Å². The van der Waals surface area contributed by atoms with Gasteiger partial charge in [-0.05, 0) is 30.3 Å². The maximum absolute atomic E-state index is 5.49. The molecule has 0 N–H and O–H groups in total. The molecular formula is C19H23BrN2O2. The molecule has 0 saturated carbocycles. The van der Waals surface area contributed by atoms with Gasteiger partial charge in [-0.25, -0.2) is 0 Å². The monoisotopic (exact) mass is 390 g/mol. The summed E-state index contributed by atoms with van der Waals surface area (Å²) in [6.45, 7) is 5.02. The lowest BCUT2D eigenvalue weighted by Gasteiger charge is -2.36. The molecule has 1 saturated heterocycles. The summed E-state index contributed by atoms with van der Waals surface area (Å²) in [5.74, 6) is 1.86. The molecule has 1 aliphatic heterocycles. The number of methoxy groups -OCH3 is 2. The summed E-state index contributed by atoms with van der Waals surface area (Å²) in [7, 11) is 3.44. The van der Waals surface area contributed by atoms with Gasteiger partial charge in [-0.15, -0.1) is 0 Å². The zero-order valence-corrected chi connectivity index (χ0v) is 15.8. The molecule has 128 valence electrons. The van der Waals surface area contributed by atoms with Gasteiger partial charge in [-0.1, -0.05) is 22.0 Å². The number of rotatable bonds is 5. The molecule has 2 aromatic rings. The Labute approximate surface area is 152 Å². The van der Waals surface area contributed by atoms with Gasteiger partial charge in [0.2, 0.25) is 0 Å². The Kier molecular flexibility index (Phi) is 5.63. The molecule has 0 aliphatic carbocycles. The summed E-state index contributed by atoms with van der Waals surface area (Å²) in [5, 5.41) is 0. The predicted molar refractivity (Wildman–Crippen MR) is 101 cm³/mol. The van der Waals surface area contributed by atoms with Crippen LogP contribution < -0.4 is 14.4 Å². The first-order chi connectivity index (χ1) is 11.7. The highest BCUT2D eigenvalue weighted by Gasteiger charge is 2.19. The normalized spacial score (nSPS) is 15.4. The largest absolute Gasteiger partial charge is 0.497 e. The fourth-order valence-corrected chi connectivity index (χ4v) is 3.49. The fourth-order valence-electron chi connectivity index (χ4n) is 3.08. The van der Waals surface area contributed by atoms with Crippen molar-refractivity contribution < 1.29 is 9.47 Å². The third kappa shape index (κ3) is 4.02. The van der Waals surface area contributed by atoms with Gasteiger partial charge in [-0.2, -0.15) is 0 Å². The quantitative estimate of drug-likeness (QED) is 0.775. The van der Waals surface area contributed by atoms with E-state index in [1.165, 1.54) is 11.3 Å². The summed E-state index contributed by atoms with van der Waals surface area (Å²) >= 11 is 3.55. The van der Waals surface area contributed by atoms with Crippen LogP contribution in [0, 0.1) is 0 Å². The van der Waals surface area contributed by atoms with Crippen molar-refractivity contribution in [1.29, 1.82) is 0 Å². The molecule has 0 radical (unpaired) electrons. The molecule has 3 rings (SSSR count). The van der Waals surface area contributed by atoms with E-state index in [0.29, 0.717) is 0 Å². The first-order valence-corrected chi connectivity index (χ1v) is 8.92. The van der Waals surface area contributed by atoms with E-state index in [9.17, 15) is 0 Å². The van der Waals surface area contributed by atoms with Crippen LogP contribution in [0.4, 0.5) is 5.69 Å². The Morgan fingerprint density at radius 3 is 2.46 bits per heavy atom. The third-order valence-corrected chi connectivity index (χ3v) is 4.92. The SMILES string of the molecule is COc1cccc(N2CCN(Cc3cc(Br)ccc3OC)CC2)c1. The van der Waals surface area contributed by atoms with Crippen LogP contribution >= 0.6 is 15.9 Å². The van der Waals surface area contributed by atoms with Crippen LogP contribution in [-0.2, 0) is 6.54 Å². The molecule has 0 bridgehead atoms. The van der Waals surface area contributed by atoms with E-state index in [1.54, 1.807) is 14.2 Å². The number of benzene rings is 2. The van der Waals surface area contributed by atoms with Gasteiger partial charge < -0.3 is 14.4 Å². The molecule has 1 fully saturated rings. The van der Waals surface area contributed by atoms with Crippen molar-refractivity contribution in [3.63, 3.8) is 0 Å². The van der Waals surface area contributed by atoms with Crippen molar-refractivity contribution in [1.82, 2.24) is 4.90 Å². The van der Waals surface area contributed by atoms with Gasteiger partial charge in [0.15, 0.2) is 0 Å². The molecule has 1 aliphatic rings. The highest BCUT2D eigenvalue weighted by Crippen LogP contribution is 2.26. The van der Waals surface area contributed by atoms with Crippen LogP contribution in [0.2, 0.25) is 0 Å². The Morgan fingerprint density at radius 1 is 0.958 bits per heavy atom. The topological polar surface area (TPSA) is 24.9 Å². The Bertz CT molecular complexity index is 685. The molecule has 2 aromatic carbocycles. The van der Waals surface area contributed by atoms with Crippen molar-refractivity contribution in [2.24, 2.45) is 0 Å². The van der Waals surface area contributed by atoms with Crippen LogP contribution in [-0.4, -0.2) is 45.3 Å². The third-order valence-electron chi connectivity index (χ3n) is 4.43. The van der Waals surface area contributed by atoms with Crippen molar-refractivity contribution >= 4 is 21.6 Å². The average molecular weight is 391 g/mol. The number of nitrogens with zero attached hydrogens (tertiary/aromatic N) is 2. The lowest BCUT2D eigenvalue weighted by atomic mass is 10.1. The molecule has 0 spiro atoms. The molecule has 0 amide bonds. The second kappa shape index (κ2) is 7.90. The standard InChI is InChI=1S/C19H23BrN2O2/c1-23-18-5-3-4-17(13-18)22-10-8-21(9-11-22)14-15-12-16(20)6-7-19(15)24-2/h3-7,12-13H,8-11,14H2,1-2H3. The van der Waals surface area contributed by atoms with Crippen molar-refractivity contribution in [3.8, 4) is 11.5 Å². The number of hydrogen-bond acceptors (Lipinski definition) is 4. The first-order valence-electron chi connectivity index (χ1n) is 8.13. The van der Waals surface area contributed by atoms with E-state index in [4.69, 9.17) is 9.47 Å². The van der Waals surface area contributed by atoms with Crippen LogP contribution in [0.1, 0.15) is 5.56 Å². The number of ether oxygens (including phenoxy) is 2. The van der Waals surface area contributed by atoms with Gasteiger partial charge in [0.1, 0.15) is 11.5 Å². The summed E-state index contributed by atoms with van der Waals surface area (Å²) in [6, 6.07) is 14.5. The Morgan fingerprint density at radius 2 is 1.75 bits per heavy atom. The summed E-state index contributed by atoms with van der Waals surface area (Å²) < 4.78 is 11.9. The highest BCUT2D eigenvalue weighted by atomic mass is 79.9. The van der Waals surface area contributed by atoms with E-state index in [-0.39, 0.29) is 0 Å². The maximum Gasteiger partial charge on any atom is 0.123 e. The maximum atomic E-state index is 5.49. The zero-order valence-electron chi connectivity index (χ0n) is 14.2. The number of halogens is 1. The van der Waals surface area contributed by atoms with Gasteiger partial charge in [0.05, 0.1) is 14.2 Å². The highest BCUT2D eigenvalue weighted by molar-refractivity contribution is 9.10. The Hall–Kier alpha value is -1.72. The Balaban J connectivity index is 1.62.